The van der Waals surface area contributed by atoms with Gasteiger partial charge in [0.25, 0.3) is 5.91 Å². The second-order valence-corrected chi connectivity index (χ2v) is 9.32. The van der Waals surface area contributed by atoms with Crippen molar-refractivity contribution < 1.29 is 13.2 Å². The van der Waals surface area contributed by atoms with E-state index >= 15 is 0 Å². The molecule has 1 aliphatic heterocycles. The fraction of sp³-hybridized carbons (Fsp3) is 0.381. The number of fused-ring (bicyclic) bond motifs is 1. The van der Waals surface area contributed by atoms with Crippen LogP contribution in [0.15, 0.2) is 47.4 Å². The summed E-state index contributed by atoms with van der Waals surface area (Å²) in [6.07, 6.45) is 3.23. The van der Waals surface area contributed by atoms with E-state index in [9.17, 15) is 13.2 Å². The summed E-state index contributed by atoms with van der Waals surface area (Å²) >= 11 is 5.91. The fourth-order valence-electron chi connectivity index (χ4n) is 3.52. The molecule has 5 nitrogen and oxygen atoms in total. The molecule has 28 heavy (non-hydrogen) atoms. The number of carbonyl (C=O) groups excluding carboxylic acids is 1. The van der Waals surface area contributed by atoms with Gasteiger partial charge in [-0.1, -0.05) is 24.9 Å². The van der Waals surface area contributed by atoms with Crippen LogP contribution >= 0.6 is 11.6 Å². The van der Waals surface area contributed by atoms with E-state index in [4.69, 9.17) is 11.6 Å². The number of benzene rings is 2. The molecule has 2 aromatic carbocycles. The Labute approximate surface area is 171 Å². The van der Waals surface area contributed by atoms with Crippen LogP contribution in [0.3, 0.4) is 0 Å². The van der Waals surface area contributed by atoms with Crippen molar-refractivity contribution in [3.63, 3.8) is 0 Å². The van der Waals surface area contributed by atoms with Gasteiger partial charge in [-0.3, -0.25) is 4.79 Å². The molecule has 1 amide bonds. The van der Waals surface area contributed by atoms with Gasteiger partial charge >= 0.3 is 0 Å². The van der Waals surface area contributed by atoms with Crippen molar-refractivity contribution in [1.29, 1.82) is 0 Å². The Bertz CT molecular complexity index is 958. The standard InChI is InChI=1S/C21H25ClN2O3S/c1-3-5-15(2)23-28(26,27)19-11-12-20-17(14-19)6-4-13-24(20)21(25)16-7-9-18(22)10-8-16/h7-12,14-15,23H,3-6,13H2,1-2H3/t15-/m0/s1. The summed E-state index contributed by atoms with van der Waals surface area (Å²) < 4.78 is 28.1. The number of sulfonamides is 1. The average Bonchev–Trinajstić information content (AvgIpc) is 2.67. The summed E-state index contributed by atoms with van der Waals surface area (Å²) in [5, 5.41) is 0.579. The van der Waals surface area contributed by atoms with Crippen molar-refractivity contribution in [3.8, 4) is 0 Å². The van der Waals surface area contributed by atoms with E-state index in [1.54, 1.807) is 47.4 Å². The van der Waals surface area contributed by atoms with Crippen LogP contribution in [0.5, 0.6) is 0 Å². The molecule has 0 fully saturated rings. The van der Waals surface area contributed by atoms with Crippen LogP contribution in [-0.2, 0) is 16.4 Å². The van der Waals surface area contributed by atoms with Crippen LogP contribution in [0.2, 0.25) is 5.02 Å². The number of halogens is 1. The quantitative estimate of drug-likeness (QED) is 0.753. The molecule has 0 spiro atoms. The third-order valence-electron chi connectivity index (χ3n) is 4.89. The lowest BCUT2D eigenvalue weighted by Gasteiger charge is -2.30. The van der Waals surface area contributed by atoms with Gasteiger partial charge in [0.05, 0.1) is 4.90 Å². The molecule has 0 aliphatic carbocycles. The number of hydrogen-bond donors (Lipinski definition) is 1. The minimum atomic E-state index is -3.58. The Kier molecular flexibility index (Phi) is 6.43. The molecule has 0 aromatic heterocycles. The molecule has 0 unspecified atom stereocenters. The average molecular weight is 421 g/mol. The van der Waals surface area contributed by atoms with Crippen molar-refractivity contribution in [2.24, 2.45) is 0 Å². The fourth-order valence-corrected chi connectivity index (χ4v) is 4.98. The van der Waals surface area contributed by atoms with E-state index in [1.807, 2.05) is 13.8 Å². The number of carbonyl (C=O) groups is 1. The van der Waals surface area contributed by atoms with Crippen LogP contribution < -0.4 is 9.62 Å². The summed E-state index contributed by atoms with van der Waals surface area (Å²) in [7, 11) is -3.58. The maximum absolute atomic E-state index is 12.9. The minimum absolute atomic E-state index is 0.108. The summed E-state index contributed by atoms with van der Waals surface area (Å²) in [4.78, 5) is 14.9. The van der Waals surface area contributed by atoms with Gasteiger partial charge in [-0.05, 0) is 74.2 Å². The molecule has 3 rings (SSSR count). The highest BCUT2D eigenvalue weighted by atomic mass is 35.5. The van der Waals surface area contributed by atoms with Crippen molar-refractivity contribution >= 4 is 33.2 Å². The third-order valence-corrected chi connectivity index (χ3v) is 6.73. The zero-order chi connectivity index (χ0) is 20.3. The normalized spacial score (nSPS) is 15.2. The second kappa shape index (κ2) is 8.64. The number of hydrogen-bond acceptors (Lipinski definition) is 3. The summed E-state index contributed by atoms with van der Waals surface area (Å²) in [6, 6.07) is 11.7. The molecule has 0 radical (unpaired) electrons. The van der Waals surface area contributed by atoms with Crippen LogP contribution in [0.25, 0.3) is 0 Å². The Hall–Kier alpha value is -1.89. The molecule has 1 N–H and O–H groups in total. The molecular weight excluding hydrogens is 396 g/mol. The van der Waals surface area contributed by atoms with E-state index in [0.29, 0.717) is 17.1 Å². The van der Waals surface area contributed by atoms with E-state index < -0.39 is 10.0 Å². The number of anilines is 1. The van der Waals surface area contributed by atoms with Gasteiger partial charge < -0.3 is 4.90 Å². The Balaban J connectivity index is 1.87. The van der Waals surface area contributed by atoms with Gasteiger partial charge in [0, 0.05) is 28.9 Å². The third kappa shape index (κ3) is 4.57. The van der Waals surface area contributed by atoms with Crippen molar-refractivity contribution in [2.75, 3.05) is 11.4 Å². The van der Waals surface area contributed by atoms with E-state index in [0.717, 1.165) is 36.9 Å². The molecule has 7 heteroatoms. The summed E-state index contributed by atoms with van der Waals surface area (Å²) in [6.45, 7) is 4.49. The van der Waals surface area contributed by atoms with Crippen LogP contribution in [0.4, 0.5) is 5.69 Å². The number of nitrogens with zero attached hydrogens (tertiary/aromatic N) is 1. The van der Waals surface area contributed by atoms with E-state index in [1.165, 1.54) is 0 Å². The molecule has 2 aromatic rings. The molecule has 1 atom stereocenters. The highest BCUT2D eigenvalue weighted by molar-refractivity contribution is 7.89. The van der Waals surface area contributed by atoms with E-state index in [2.05, 4.69) is 4.72 Å². The van der Waals surface area contributed by atoms with Gasteiger partial charge in [-0.25, -0.2) is 13.1 Å². The lowest BCUT2D eigenvalue weighted by Crippen LogP contribution is -2.36. The zero-order valence-corrected chi connectivity index (χ0v) is 17.7. The Morgan fingerprint density at radius 1 is 1.21 bits per heavy atom. The molecule has 1 aliphatic rings. The SMILES string of the molecule is CCC[C@H](C)NS(=O)(=O)c1ccc2c(c1)CCCN2C(=O)c1ccc(Cl)cc1. The van der Waals surface area contributed by atoms with Crippen molar-refractivity contribution in [3.05, 3.63) is 58.6 Å². The van der Waals surface area contributed by atoms with Crippen LogP contribution in [-0.4, -0.2) is 26.9 Å². The highest BCUT2D eigenvalue weighted by Crippen LogP contribution is 2.31. The predicted molar refractivity (Wildman–Crippen MR) is 113 cm³/mol. The van der Waals surface area contributed by atoms with Crippen LogP contribution in [0.1, 0.15) is 49.0 Å². The maximum Gasteiger partial charge on any atom is 0.258 e. The summed E-state index contributed by atoms with van der Waals surface area (Å²) in [5.41, 5.74) is 2.20. The highest BCUT2D eigenvalue weighted by Gasteiger charge is 2.26. The maximum atomic E-state index is 12.9. The molecule has 0 saturated heterocycles. The first-order chi connectivity index (χ1) is 13.3. The lowest BCUT2D eigenvalue weighted by molar-refractivity contribution is 0.0985. The first-order valence-corrected chi connectivity index (χ1v) is 11.4. The zero-order valence-electron chi connectivity index (χ0n) is 16.1. The molecule has 0 saturated carbocycles. The first kappa shape index (κ1) is 20.8. The monoisotopic (exact) mass is 420 g/mol. The van der Waals surface area contributed by atoms with Gasteiger partial charge in [-0.15, -0.1) is 0 Å². The number of aryl methyl sites for hydroxylation is 1. The van der Waals surface area contributed by atoms with E-state index in [-0.39, 0.29) is 16.8 Å². The number of nitrogens with one attached hydrogen (secondary N) is 1. The number of amides is 1. The first-order valence-electron chi connectivity index (χ1n) is 9.54. The molecule has 1 heterocycles. The lowest BCUT2D eigenvalue weighted by atomic mass is 10.0. The molecule has 0 bridgehead atoms. The number of rotatable bonds is 6. The van der Waals surface area contributed by atoms with Crippen molar-refractivity contribution in [2.45, 2.75) is 50.5 Å². The van der Waals surface area contributed by atoms with Gasteiger partial charge in [-0.2, -0.15) is 0 Å². The largest absolute Gasteiger partial charge is 0.308 e. The smallest absolute Gasteiger partial charge is 0.258 e. The van der Waals surface area contributed by atoms with Crippen molar-refractivity contribution in [1.82, 2.24) is 4.72 Å². The van der Waals surface area contributed by atoms with Gasteiger partial charge in [0.1, 0.15) is 0 Å². The second-order valence-electron chi connectivity index (χ2n) is 7.17. The topological polar surface area (TPSA) is 66.5 Å². The predicted octanol–water partition coefficient (Wildman–Crippen LogP) is 4.40. The Morgan fingerprint density at radius 3 is 2.61 bits per heavy atom. The Morgan fingerprint density at radius 2 is 1.93 bits per heavy atom. The molecule has 150 valence electrons. The van der Waals surface area contributed by atoms with Gasteiger partial charge in [0.2, 0.25) is 10.0 Å². The van der Waals surface area contributed by atoms with Crippen LogP contribution in [0, 0.1) is 0 Å². The van der Waals surface area contributed by atoms with Gasteiger partial charge in [0.15, 0.2) is 0 Å². The molecular formula is C21H25ClN2O3S. The minimum Gasteiger partial charge on any atom is -0.308 e. The summed E-state index contributed by atoms with van der Waals surface area (Å²) in [5.74, 6) is -0.108.